The van der Waals surface area contributed by atoms with Gasteiger partial charge in [0.15, 0.2) is 11.5 Å². The predicted molar refractivity (Wildman–Crippen MR) is 99.0 cm³/mol. The second-order valence-electron chi connectivity index (χ2n) is 6.64. The summed E-state index contributed by atoms with van der Waals surface area (Å²) >= 11 is 6.44. The summed E-state index contributed by atoms with van der Waals surface area (Å²) in [5, 5.41) is 0.215. The van der Waals surface area contributed by atoms with Gasteiger partial charge in [-0.1, -0.05) is 37.6 Å². The van der Waals surface area contributed by atoms with Gasteiger partial charge in [0.2, 0.25) is 0 Å². The summed E-state index contributed by atoms with van der Waals surface area (Å²) in [6.45, 7) is 4.31. The van der Waals surface area contributed by atoms with E-state index in [-0.39, 0.29) is 10.7 Å². The van der Waals surface area contributed by atoms with Crippen molar-refractivity contribution in [1.29, 1.82) is 0 Å². The number of rotatable bonds is 5. The first-order chi connectivity index (χ1) is 11.9. The number of carbonyl (C=O) groups excluding carboxylic acids is 1. The quantitative estimate of drug-likeness (QED) is 0.725. The number of nitrogens with zero attached hydrogens (tertiary/aromatic N) is 3. The van der Waals surface area contributed by atoms with E-state index in [1.807, 2.05) is 24.1 Å². The van der Waals surface area contributed by atoms with Gasteiger partial charge in [-0.15, -0.1) is 0 Å². The molecule has 0 saturated heterocycles. The summed E-state index contributed by atoms with van der Waals surface area (Å²) in [5.74, 6) is 1.41. The Labute approximate surface area is 153 Å². The van der Waals surface area contributed by atoms with Crippen LogP contribution >= 0.6 is 11.6 Å². The van der Waals surface area contributed by atoms with Crippen molar-refractivity contribution in [1.82, 2.24) is 9.97 Å². The van der Waals surface area contributed by atoms with Gasteiger partial charge < -0.3 is 9.64 Å². The first-order valence-corrected chi connectivity index (χ1v) is 8.79. The van der Waals surface area contributed by atoms with Crippen LogP contribution in [-0.2, 0) is 4.74 Å². The smallest absolute Gasteiger partial charge is 0.358 e. The highest BCUT2D eigenvalue weighted by Crippen LogP contribution is 2.41. The third-order valence-electron chi connectivity index (χ3n) is 4.44. The second kappa shape index (κ2) is 7.00. The van der Waals surface area contributed by atoms with Crippen molar-refractivity contribution in [2.45, 2.75) is 38.5 Å². The lowest BCUT2D eigenvalue weighted by Gasteiger charge is -2.21. The fraction of sp³-hybridized carbons (Fsp3) is 0.421. The zero-order chi connectivity index (χ0) is 18.1. The molecule has 1 heterocycles. The van der Waals surface area contributed by atoms with Crippen molar-refractivity contribution in [2.75, 3.05) is 19.1 Å². The molecule has 1 aromatic heterocycles. The number of hydrogen-bond acceptors (Lipinski definition) is 5. The van der Waals surface area contributed by atoms with E-state index in [0.717, 1.165) is 18.5 Å². The Bertz CT molecular complexity index is 786. The van der Waals surface area contributed by atoms with E-state index >= 15 is 0 Å². The zero-order valence-electron chi connectivity index (χ0n) is 14.9. The van der Waals surface area contributed by atoms with Crippen LogP contribution < -0.4 is 4.90 Å². The summed E-state index contributed by atoms with van der Waals surface area (Å²) in [4.78, 5) is 22.9. The number of ether oxygens (including phenoxy) is 1. The Morgan fingerprint density at radius 3 is 2.40 bits per heavy atom. The highest BCUT2D eigenvalue weighted by molar-refractivity contribution is 6.35. The van der Waals surface area contributed by atoms with Gasteiger partial charge in [0.05, 0.1) is 7.11 Å². The van der Waals surface area contributed by atoms with Crippen molar-refractivity contribution in [2.24, 2.45) is 0 Å². The van der Waals surface area contributed by atoms with E-state index < -0.39 is 5.97 Å². The standard InChI is InChI=1S/C19H22ClN3O2/c1-11(2)12-7-9-14(10-8-12)23(3)18-15(20)16(19(24)25-4)21-17(22-18)13-5-6-13/h7-11,13H,5-6H2,1-4H3. The Hall–Kier alpha value is -2.14. The Kier molecular flexibility index (Phi) is 4.95. The number of carbonyl (C=O) groups is 1. The number of halogens is 1. The molecule has 0 spiro atoms. The number of hydrogen-bond donors (Lipinski definition) is 0. The fourth-order valence-electron chi connectivity index (χ4n) is 2.64. The van der Waals surface area contributed by atoms with Gasteiger partial charge in [0, 0.05) is 18.7 Å². The normalized spacial score (nSPS) is 13.8. The Morgan fingerprint density at radius 1 is 1.24 bits per heavy atom. The minimum atomic E-state index is -0.542. The molecule has 132 valence electrons. The number of aromatic nitrogens is 2. The zero-order valence-corrected chi connectivity index (χ0v) is 15.7. The average molecular weight is 360 g/mol. The number of anilines is 2. The summed E-state index contributed by atoms with van der Waals surface area (Å²) in [5.41, 5.74) is 2.34. The molecule has 0 amide bonds. The molecule has 25 heavy (non-hydrogen) atoms. The molecule has 1 aliphatic carbocycles. The highest BCUT2D eigenvalue weighted by atomic mass is 35.5. The molecule has 0 atom stereocenters. The van der Waals surface area contributed by atoms with Crippen LogP contribution in [-0.4, -0.2) is 30.1 Å². The van der Waals surface area contributed by atoms with Crippen molar-refractivity contribution in [3.63, 3.8) is 0 Å². The van der Waals surface area contributed by atoms with Crippen molar-refractivity contribution < 1.29 is 9.53 Å². The predicted octanol–water partition coefficient (Wildman–Crippen LogP) is 4.69. The van der Waals surface area contributed by atoms with Gasteiger partial charge in [-0.3, -0.25) is 0 Å². The molecule has 2 aromatic rings. The van der Waals surface area contributed by atoms with Crippen LogP contribution in [0.15, 0.2) is 24.3 Å². The van der Waals surface area contributed by atoms with Crippen LogP contribution in [0, 0.1) is 0 Å². The van der Waals surface area contributed by atoms with Gasteiger partial charge in [-0.2, -0.15) is 0 Å². The lowest BCUT2D eigenvalue weighted by molar-refractivity contribution is 0.0593. The number of benzene rings is 1. The summed E-state index contributed by atoms with van der Waals surface area (Å²) in [6.07, 6.45) is 2.07. The van der Waals surface area contributed by atoms with Crippen LogP contribution in [0.5, 0.6) is 0 Å². The first-order valence-electron chi connectivity index (χ1n) is 8.41. The highest BCUT2D eigenvalue weighted by Gasteiger charge is 2.31. The van der Waals surface area contributed by atoms with Crippen LogP contribution in [0.3, 0.4) is 0 Å². The van der Waals surface area contributed by atoms with E-state index in [4.69, 9.17) is 16.3 Å². The maximum atomic E-state index is 12.0. The Balaban J connectivity index is 2.02. The maximum Gasteiger partial charge on any atom is 0.358 e. The Morgan fingerprint density at radius 2 is 1.88 bits per heavy atom. The van der Waals surface area contributed by atoms with Gasteiger partial charge in [0.1, 0.15) is 10.8 Å². The molecule has 0 unspecified atom stereocenters. The van der Waals surface area contributed by atoms with Gasteiger partial charge >= 0.3 is 5.97 Å². The van der Waals surface area contributed by atoms with Gasteiger partial charge in [-0.25, -0.2) is 14.8 Å². The largest absolute Gasteiger partial charge is 0.464 e. The van der Waals surface area contributed by atoms with Crippen molar-refractivity contribution in [3.8, 4) is 0 Å². The van der Waals surface area contributed by atoms with E-state index in [2.05, 4.69) is 35.9 Å². The summed E-state index contributed by atoms with van der Waals surface area (Å²) in [7, 11) is 3.21. The third kappa shape index (κ3) is 3.61. The van der Waals surface area contributed by atoms with Gasteiger partial charge in [0.25, 0.3) is 0 Å². The van der Waals surface area contributed by atoms with Crippen molar-refractivity contribution in [3.05, 3.63) is 46.4 Å². The van der Waals surface area contributed by atoms with Crippen LogP contribution in [0.1, 0.15) is 60.4 Å². The molecule has 1 aromatic carbocycles. The first kappa shape index (κ1) is 17.7. The molecule has 0 bridgehead atoms. The minimum Gasteiger partial charge on any atom is -0.464 e. The molecule has 1 aliphatic rings. The summed E-state index contributed by atoms with van der Waals surface area (Å²) < 4.78 is 4.82. The molecular weight excluding hydrogens is 338 g/mol. The number of methoxy groups -OCH3 is 1. The second-order valence-corrected chi connectivity index (χ2v) is 7.02. The molecule has 1 saturated carbocycles. The SMILES string of the molecule is COC(=O)c1nc(C2CC2)nc(N(C)c2ccc(C(C)C)cc2)c1Cl. The molecule has 3 rings (SSSR count). The van der Waals surface area contributed by atoms with Gasteiger partial charge in [-0.05, 0) is 36.5 Å². The van der Waals surface area contributed by atoms with E-state index in [0.29, 0.717) is 23.5 Å². The third-order valence-corrected chi connectivity index (χ3v) is 4.79. The molecule has 6 heteroatoms. The molecule has 0 radical (unpaired) electrons. The lowest BCUT2D eigenvalue weighted by Crippen LogP contribution is -2.17. The van der Waals surface area contributed by atoms with E-state index in [1.165, 1.54) is 12.7 Å². The molecule has 0 N–H and O–H groups in total. The fourth-order valence-corrected chi connectivity index (χ4v) is 2.92. The van der Waals surface area contributed by atoms with Crippen LogP contribution in [0.2, 0.25) is 5.02 Å². The topological polar surface area (TPSA) is 55.3 Å². The number of esters is 1. The molecule has 5 nitrogen and oxygen atoms in total. The van der Waals surface area contributed by atoms with E-state index in [9.17, 15) is 4.79 Å². The molecular formula is C19H22ClN3O2. The van der Waals surface area contributed by atoms with Crippen LogP contribution in [0.4, 0.5) is 11.5 Å². The van der Waals surface area contributed by atoms with E-state index in [1.54, 1.807) is 0 Å². The monoisotopic (exact) mass is 359 g/mol. The lowest BCUT2D eigenvalue weighted by atomic mass is 10.0. The molecule has 0 aliphatic heterocycles. The average Bonchev–Trinajstić information content (AvgIpc) is 3.46. The van der Waals surface area contributed by atoms with Crippen LogP contribution in [0.25, 0.3) is 0 Å². The molecule has 1 fully saturated rings. The maximum absolute atomic E-state index is 12.0. The minimum absolute atomic E-state index is 0.127. The summed E-state index contributed by atoms with van der Waals surface area (Å²) in [6, 6.07) is 8.24. The van der Waals surface area contributed by atoms with Crippen molar-refractivity contribution >= 4 is 29.1 Å².